The molecule has 0 spiro atoms. The van der Waals surface area contributed by atoms with Crippen LogP contribution in [0.15, 0.2) is 11.7 Å². The maximum absolute atomic E-state index is 11.5. The summed E-state index contributed by atoms with van der Waals surface area (Å²) in [6.07, 6.45) is -6.26. The minimum absolute atomic E-state index is 0.844. The van der Waals surface area contributed by atoms with E-state index in [1.807, 2.05) is 0 Å². The van der Waals surface area contributed by atoms with Gasteiger partial charge in [-0.1, -0.05) is 0 Å². The Kier molecular flexibility index (Phi) is 2.50. The van der Waals surface area contributed by atoms with E-state index in [1.165, 1.54) is 0 Å². The molecule has 0 rings (SSSR count). The van der Waals surface area contributed by atoms with E-state index in [9.17, 15) is 26.7 Å². The summed E-state index contributed by atoms with van der Waals surface area (Å²) in [5.41, 5.74) is 0. The molecule has 10 heavy (non-hydrogen) atoms. The van der Waals surface area contributed by atoms with Gasteiger partial charge in [-0.25, -0.2) is 4.39 Å². The van der Waals surface area contributed by atoms with Crippen molar-refractivity contribution >= 4 is 6.29 Å². The highest BCUT2D eigenvalue weighted by Crippen LogP contribution is 2.28. The van der Waals surface area contributed by atoms with E-state index in [4.69, 9.17) is 0 Å². The molecule has 6 heteroatoms. The highest BCUT2D eigenvalue weighted by atomic mass is 19.4. The maximum Gasteiger partial charge on any atom is 0.446 e. The zero-order valence-corrected chi connectivity index (χ0v) is 4.38. The van der Waals surface area contributed by atoms with Crippen LogP contribution in [-0.2, 0) is 4.79 Å². The van der Waals surface area contributed by atoms with Crippen molar-refractivity contribution in [2.45, 2.75) is 6.18 Å². The number of carbonyl (C=O) groups is 1. The maximum atomic E-state index is 11.5. The molecule has 0 aliphatic carbocycles. The molecule has 0 radical (unpaired) electrons. The summed E-state index contributed by atoms with van der Waals surface area (Å²) >= 11 is 0. The summed E-state index contributed by atoms with van der Waals surface area (Å²) in [6, 6.07) is 0. The predicted octanol–water partition coefficient (Wildman–Crippen LogP) is 1.90. The van der Waals surface area contributed by atoms with Crippen LogP contribution in [-0.4, -0.2) is 12.5 Å². The lowest BCUT2D eigenvalue weighted by molar-refractivity contribution is -0.117. The van der Waals surface area contributed by atoms with Crippen LogP contribution < -0.4 is 0 Å². The monoisotopic (exact) mass is 160 g/mol. The fraction of sp³-hybridized carbons (Fsp3) is 0.250. The van der Waals surface area contributed by atoms with Crippen molar-refractivity contribution in [1.29, 1.82) is 0 Å². The van der Waals surface area contributed by atoms with Crippen molar-refractivity contribution in [2.24, 2.45) is 0 Å². The molecule has 0 amide bonds. The second-order valence-electron chi connectivity index (χ2n) is 1.28. The smallest absolute Gasteiger partial charge is 0.295 e. The van der Waals surface area contributed by atoms with Crippen LogP contribution in [0.5, 0.6) is 0 Å². The van der Waals surface area contributed by atoms with Crippen molar-refractivity contribution in [1.82, 2.24) is 0 Å². The Morgan fingerprint density at radius 1 is 1.20 bits per heavy atom. The highest BCUT2D eigenvalue weighted by Gasteiger charge is 2.37. The van der Waals surface area contributed by atoms with Gasteiger partial charge in [0.25, 0.3) is 0 Å². The Morgan fingerprint density at radius 3 is 1.70 bits per heavy atom. The van der Waals surface area contributed by atoms with Crippen LogP contribution >= 0.6 is 0 Å². The van der Waals surface area contributed by atoms with E-state index < -0.39 is 24.1 Å². The summed E-state index contributed by atoms with van der Waals surface area (Å²) in [6.45, 7) is 0. The fourth-order valence-electron chi connectivity index (χ4n) is 0.187. The Labute approximate surface area is 52.1 Å². The van der Waals surface area contributed by atoms with Gasteiger partial charge in [0.15, 0.2) is 6.29 Å². The molecule has 0 saturated carbocycles. The van der Waals surface area contributed by atoms with Gasteiger partial charge in [-0.3, -0.25) is 4.79 Å². The fourth-order valence-corrected chi connectivity index (χ4v) is 0.187. The molecule has 1 nitrogen and oxygen atoms in total. The lowest BCUT2D eigenvalue weighted by Crippen LogP contribution is -2.09. The Balaban J connectivity index is 4.63. The van der Waals surface area contributed by atoms with Crippen LogP contribution in [0.4, 0.5) is 22.0 Å². The van der Waals surface area contributed by atoms with Crippen molar-refractivity contribution in [3.8, 4) is 0 Å². The molecule has 0 bridgehead atoms. The second kappa shape index (κ2) is 2.76. The van der Waals surface area contributed by atoms with E-state index in [-0.39, 0.29) is 0 Å². The first kappa shape index (κ1) is 9.06. The molecule has 0 aromatic carbocycles. The van der Waals surface area contributed by atoms with Gasteiger partial charge in [0.2, 0.25) is 11.7 Å². The number of alkyl halides is 3. The van der Waals surface area contributed by atoms with E-state index in [0.29, 0.717) is 0 Å². The number of hydrogen-bond acceptors (Lipinski definition) is 1. The molecule has 0 unspecified atom stereocenters. The van der Waals surface area contributed by atoms with E-state index in [0.717, 1.165) is 0 Å². The van der Waals surface area contributed by atoms with E-state index >= 15 is 0 Å². The van der Waals surface area contributed by atoms with Gasteiger partial charge in [-0.2, -0.15) is 17.6 Å². The highest BCUT2D eigenvalue weighted by molar-refractivity contribution is 5.70. The van der Waals surface area contributed by atoms with Gasteiger partial charge >= 0.3 is 6.18 Å². The van der Waals surface area contributed by atoms with Gasteiger partial charge in [0, 0.05) is 0 Å². The van der Waals surface area contributed by atoms with Crippen molar-refractivity contribution in [3.05, 3.63) is 11.7 Å². The number of hydrogen-bond donors (Lipinski definition) is 0. The Hall–Kier alpha value is -0.940. The van der Waals surface area contributed by atoms with Gasteiger partial charge in [0.05, 0.1) is 0 Å². The Bertz CT molecular complexity index is 167. The number of allylic oxidation sites excluding steroid dienone is 2. The topological polar surface area (TPSA) is 17.1 Å². The largest absolute Gasteiger partial charge is 0.446 e. The molecule has 0 heterocycles. The summed E-state index contributed by atoms with van der Waals surface area (Å²) < 4.78 is 56.1. The lowest BCUT2D eigenvalue weighted by Gasteiger charge is -2.00. The molecule has 0 aliphatic rings. The number of halogens is 5. The third kappa shape index (κ3) is 2.12. The van der Waals surface area contributed by atoms with Crippen LogP contribution in [0.2, 0.25) is 0 Å². The summed E-state index contributed by atoms with van der Waals surface area (Å²) in [7, 11) is 0. The molecule has 0 saturated heterocycles. The predicted molar refractivity (Wildman–Crippen MR) is 21.4 cm³/mol. The summed E-state index contributed by atoms with van der Waals surface area (Å²) in [5, 5.41) is 0. The zero-order valence-electron chi connectivity index (χ0n) is 4.38. The normalized spacial score (nSPS) is 14.5. The van der Waals surface area contributed by atoms with Crippen molar-refractivity contribution < 1.29 is 26.7 Å². The molecule has 58 valence electrons. The second-order valence-corrected chi connectivity index (χ2v) is 1.28. The van der Waals surface area contributed by atoms with Crippen LogP contribution in [0.1, 0.15) is 0 Å². The molecule has 0 N–H and O–H groups in total. The Morgan fingerprint density at radius 2 is 1.60 bits per heavy atom. The minimum atomic E-state index is -5.41. The number of aldehydes is 1. The molecule has 0 atom stereocenters. The molecule has 0 aromatic rings. The van der Waals surface area contributed by atoms with E-state index in [1.54, 1.807) is 0 Å². The first-order valence-electron chi connectivity index (χ1n) is 1.97. The number of rotatable bonds is 1. The van der Waals surface area contributed by atoms with Gasteiger partial charge < -0.3 is 0 Å². The minimum Gasteiger partial charge on any atom is -0.295 e. The van der Waals surface area contributed by atoms with E-state index in [2.05, 4.69) is 0 Å². The third-order valence-corrected chi connectivity index (χ3v) is 0.562. The quantitative estimate of drug-likeness (QED) is 0.325. The van der Waals surface area contributed by atoms with Gasteiger partial charge in [-0.15, -0.1) is 0 Å². The standard InChI is InChI=1S/C4HF5O/c5-2(1-10)3(6)4(7,8)9/h1H/b3-2+. The molecular weight excluding hydrogens is 159 g/mol. The number of carbonyl (C=O) groups excluding carboxylic acids is 1. The van der Waals surface area contributed by atoms with Crippen LogP contribution in [0.25, 0.3) is 0 Å². The molecule has 0 aromatic heterocycles. The van der Waals surface area contributed by atoms with Crippen molar-refractivity contribution in [2.75, 3.05) is 0 Å². The zero-order chi connectivity index (χ0) is 8.36. The van der Waals surface area contributed by atoms with Gasteiger partial charge in [-0.05, 0) is 0 Å². The average Bonchev–Trinajstić information content (AvgIpc) is 1.83. The van der Waals surface area contributed by atoms with Gasteiger partial charge in [0.1, 0.15) is 0 Å². The first-order valence-corrected chi connectivity index (χ1v) is 1.97. The molecule has 0 aliphatic heterocycles. The van der Waals surface area contributed by atoms with Crippen LogP contribution in [0, 0.1) is 0 Å². The molecular formula is C4HF5O. The molecule has 0 fully saturated rings. The van der Waals surface area contributed by atoms with Crippen LogP contribution in [0.3, 0.4) is 0 Å². The first-order chi connectivity index (χ1) is 4.39. The summed E-state index contributed by atoms with van der Waals surface area (Å²) in [4.78, 5) is 9.22. The average molecular weight is 160 g/mol. The third-order valence-electron chi connectivity index (χ3n) is 0.562. The lowest BCUT2D eigenvalue weighted by atomic mass is 10.4. The SMILES string of the molecule is O=C/C(F)=C(\F)C(F)(F)F. The van der Waals surface area contributed by atoms with Crippen molar-refractivity contribution in [3.63, 3.8) is 0 Å². The summed E-state index contributed by atoms with van der Waals surface area (Å²) in [5.74, 6) is -5.44.